The van der Waals surface area contributed by atoms with E-state index in [0.717, 1.165) is 43.2 Å². The molecule has 0 radical (unpaired) electrons. The van der Waals surface area contributed by atoms with E-state index in [4.69, 9.17) is 8.94 Å². The van der Waals surface area contributed by atoms with Crippen molar-refractivity contribution in [2.45, 2.75) is 13.0 Å². The molecule has 0 fully saturated rings. The maximum absolute atomic E-state index is 5.78. The minimum atomic E-state index is 0.745. The van der Waals surface area contributed by atoms with Crippen LogP contribution in [0.5, 0.6) is 0 Å². The van der Waals surface area contributed by atoms with Crippen molar-refractivity contribution in [2.75, 3.05) is 18.0 Å². The molecule has 1 aliphatic heterocycles. The Morgan fingerprint density at radius 1 is 0.906 bits per heavy atom. The van der Waals surface area contributed by atoms with Gasteiger partial charge in [0.15, 0.2) is 0 Å². The number of nitrogens with zero attached hydrogens (tertiary/aromatic N) is 3. The van der Waals surface area contributed by atoms with Crippen LogP contribution in [0, 0.1) is 0 Å². The molecule has 32 heavy (non-hydrogen) atoms. The molecule has 160 valence electrons. The van der Waals surface area contributed by atoms with Gasteiger partial charge >= 0.3 is 0 Å². The first-order chi connectivity index (χ1) is 15.9. The van der Waals surface area contributed by atoms with Crippen LogP contribution in [0.3, 0.4) is 0 Å². The van der Waals surface area contributed by atoms with Crippen LogP contribution in [0.25, 0.3) is 22.0 Å². The van der Waals surface area contributed by atoms with Crippen molar-refractivity contribution in [1.82, 2.24) is 10.1 Å². The standard InChI is InChI=1S/C27H25N3O2/c1-2-6-15-29(14-5-1)16-8-17-30(27-19-26(28-32-27)24-13-18-31-21-24)20-23-11-7-10-22-9-3-4-12-25(22)23/h1-7,9-15,18-19,21H,8,16-17,20H2. The minimum absolute atomic E-state index is 0.745. The van der Waals surface area contributed by atoms with E-state index in [0.29, 0.717) is 0 Å². The summed E-state index contributed by atoms with van der Waals surface area (Å²) in [4.78, 5) is 4.47. The molecule has 0 N–H and O–H groups in total. The van der Waals surface area contributed by atoms with Crippen LogP contribution >= 0.6 is 0 Å². The Kier molecular flexibility index (Phi) is 5.88. The molecule has 0 bridgehead atoms. The SMILES string of the molecule is C1=CC=CN(CCCN(Cc2cccc3ccccc23)c2cc(-c3ccoc3)no2)C=C1. The Hall–Kier alpha value is -3.99. The highest BCUT2D eigenvalue weighted by Gasteiger charge is 2.16. The molecule has 0 saturated carbocycles. The molecule has 0 aliphatic carbocycles. The Morgan fingerprint density at radius 3 is 2.59 bits per heavy atom. The van der Waals surface area contributed by atoms with Crippen LogP contribution in [0.15, 0.2) is 113 Å². The quantitative estimate of drug-likeness (QED) is 0.329. The molecule has 3 heterocycles. The second kappa shape index (κ2) is 9.43. The number of rotatable bonds is 8. The number of allylic oxidation sites excluding steroid dienone is 4. The highest BCUT2D eigenvalue weighted by Crippen LogP contribution is 2.27. The Bertz CT molecular complexity index is 1230. The van der Waals surface area contributed by atoms with Crippen LogP contribution in [0.2, 0.25) is 0 Å². The van der Waals surface area contributed by atoms with Gasteiger partial charge in [-0.1, -0.05) is 59.8 Å². The fourth-order valence-corrected chi connectivity index (χ4v) is 3.96. The topological polar surface area (TPSA) is 45.7 Å². The Labute approximate surface area is 187 Å². The summed E-state index contributed by atoms with van der Waals surface area (Å²) in [5, 5.41) is 6.78. The van der Waals surface area contributed by atoms with E-state index in [-0.39, 0.29) is 0 Å². The number of hydrogen-bond donors (Lipinski definition) is 0. The predicted molar refractivity (Wildman–Crippen MR) is 128 cm³/mol. The summed E-state index contributed by atoms with van der Waals surface area (Å²) in [6.07, 6.45) is 16.7. The van der Waals surface area contributed by atoms with E-state index in [1.807, 2.05) is 24.3 Å². The van der Waals surface area contributed by atoms with Gasteiger partial charge in [-0.05, 0) is 41.0 Å². The molecule has 0 amide bonds. The Balaban J connectivity index is 1.38. The van der Waals surface area contributed by atoms with Crippen LogP contribution in [0.4, 0.5) is 5.88 Å². The van der Waals surface area contributed by atoms with Crippen LogP contribution in [-0.4, -0.2) is 23.1 Å². The van der Waals surface area contributed by atoms with E-state index in [1.165, 1.54) is 16.3 Å². The third-order valence-electron chi connectivity index (χ3n) is 5.60. The summed E-state index contributed by atoms with van der Waals surface area (Å²) in [5.41, 5.74) is 2.96. The van der Waals surface area contributed by atoms with Crippen molar-refractivity contribution in [3.05, 3.63) is 109 Å². The minimum Gasteiger partial charge on any atom is -0.472 e. The zero-order valence-electron chi connectivity index (χ0n) is 17.8. The fourth-order valence-electron chi connectivity index (χ4n) is 3.96. The highest BCUT2D eigenvalue weighted by molar-refractivity contribution is 5.85. The van der Waals surface area contributed by atoms with Gasteiger partial charge in [-0.25, -0.2) is 0 Å². The maximum Gasteiger partial charge on any atom is 0.228 e. The van der Waals surface area contributed by atoms with Crippen molar-refractivity contribution >= 4 is 16.7 Å². The molecular formula is C27H25N3O2. The second-order valence-corrected chi connectivity index (χ2v) is 7.78. The highest BCUT2D eigenvalue weighted by atomic mass is 16.5. The predicted octanol–water partition coefficient (Wildman–Crippen LogP) is 6.38. The molecule has 2 aromatic heterocycles. The van der Waals surface area contributed by atoms with Crippen LogP contribution in [0.1, 0.15) is 12.0 Å². The summed E-state index contributed by atoms with van der Waals surface area (Å²) in [6.45, 7) is 2.51. The molecule has 5 rings (SSSR count). The lowest BCUT2D eigenvalue weighted by molar-refractivity contribution is 0.411. The number of anilines is 1. The van der Waals surface area contributed by atoms with Gasteiger partial charge in [0, 0.05) is 43.7 Å². The smallest absolute Gasteiger partial charge is 0.228 e. The van der Waals surface area contributed by atoms with Gasteiger partial charge in [0.05, 0.1) is 12.5 Å². The molecule has 0 unspecified atom stereocenters. The first-order valence-corrected chi connectivity index (χ1v) is 10.9. The van der Waals surface area contributed by atoms with Crippen molar-refractivity contribution in [3.8, 4) is 11.3 Å². The number of aromatic nitrogens is 1. The van der Waals surface area contributed by atoms with Gasteiger partial charge in [0.1, 0.15) is 5.69 Å². The summed E-state index contributed by atoms with van der Waals surface area (Å²) in [5.74, 6) is 0.762. The molecule has 5 nitrogen and oxygen atoms in total. The molecule has 0 atom stereocenters. The van der Waals surface area contributed by atoms with Gasteiger partial charge in [-0.3, -0.25) is 0 Å². The summed E-state index contributed by atoms with van der Waals surface area (Å²) in [7, 11) is 0. The maximum atomic E-state index is 5.78. The van der Waals surface area contributed by atoms with Gasteiger partial charge in [-0.15, -0.1) is 0 Å². The average molecular weight is 424 g/mol. The third kappa shape index (κ3) is 4.52. The van der Waals surface area contributed by atoms with Crippen molar-refractivity contribution in [3.63, 3.8) is 0 Å². The van der Waals surface area contributed by atoms with Gasteiger partial charge in [-0.2, -0.15) is 0 Å². The number of fused-ring (bicyclic) bond motifs is 1. The van der Waals surface area contributed by atoms with Crippen molar-refractivity contribution in [1.29, 1.82) is 0 Å². The van der Waals surface area contributed by atoms with Crippen LogP contribution in [-0.2, 0) is 6.54 Å². The summed E-state index contributed by atoms with van der Waals surface area (Å²) in [6, 6.07) is 18.8. The number of benzene rings is 2. The van der Waals surface area contributed by atoms with Gasteiger partial charge in [0.2, 0.25) is 5.88 Å². The average Bonchev–Trinajstić information content (AvgIpc) is 3.47. The lowest BCUT2D eigenvalue weighted by Crippen LogP contribution is -2.26. The van der Waals surface area contributed by atoms with E-state index >= 15 is 0 Å². The van der Waals surface area contributed by atoms with Crippen molar-refractivity contribution in [2.24, 2.45) is 0 Å². The second-order valence-electron chi connectivity index (χ2n) is 7.78. The van der Waals surface area contributed by atoms with Gasteiger partial charge in [0.25, 0.3) is 0 Å². The summed E-state index contributed by atoms with van der Waals surface area (Å²) < 4.78 is 11.0. The van der Waals surface area contributed by atoms with E-state index in [2.05, 4.69) is 82.0 Å². The van der Waals surface area contributed by atoms with Crippen LogP contribution < -0.4 is 4.90 Å². The normalized spacial score (nSPS) is 13.1. The first-order valence-electron chi connectivity index (χ1n) is 10.9. The zero-order valence-corrected chi connectivity index (χ0v) is 17.8. The molecule has 5 heteroatoms. The lowest BCUT2D eigenvalue weighted by Gasteiger charge is -2.23. The molecule has 4 aromatic rings. The molecule has 0 saturated heterocycles. The third-order valence-corrected chi connectivity index (χ3v) is 5.60. The van der Waals surface area contributed by atoms with E-state index in [9.17, 15) is 0 Å². The Morgan fingerprint density at radius 2 is 1.75 bits per heavy atom. The largest absolute Gasteiger partial charge is 0.472 e. The lowest BCUT2D eigenvalue weighted by atomic mass is 10.0. The summed E-state index contributed by atoms with van der Waals surface area (Å²) >= 11 is 0. The van der Waals surface area contributed by atoms with E-state index < -0.39 is 0 Å². The molecule has 2 aromatic carbocycles. The van der Waals surface area contributed by atoms with Gasteiger partial charge < -0.3 is 18.7 Å². The van der Waals surface area contributed by atoms with Crippen molar-refractivity contribution < 1.29 is 8.94 Å². The van der Waals surface area contributed by atoms with E-state index in [1.54, 1.807) is 12.5 Å². The zero-order chi connectivity index (χ0) is 21.6. The molecular weight excluding hydrogens is 398 g/mol. The molecule has 1 aliphatic rings. The first kappa shape index (κ1) is 19.9. The molecule has 0 spiro atoms. The number of hydrogen-bond acceptors (Lipinski definition) is 5. The monoisotopic (exact) mass is 423 g/mol. The number of furan rings is 1. The fraction of sp³-hybridized carbons (Fsp3) is 0.148.